The topological polar surface area (TPSA) is 92.4 Å². The molecular weight excluding hydrogens is 399 g/mol. The van der Waals surface area contributed by atoms with E-state index in [4.69, 9.17) is 4.74 Å². The zero-order valence-electron chi connectivity index (χ0n) is 17.6. The van der Waals surface area contributed by atoms with Crippen molar-refractivity contribution in [2.75, 3.05) is 11.9 Å². The highest BCUT2D eigenvalue weighted by Gasteiger charge is 2.20. The summed E-state index contributed by atoms with van der Waals surface area (Å²) in [5.74, 6) is -0.391. The molecule has 0 bridgehead atoms. The number of aromatic nitrogens is 1. The Bertz CT molecular complexity index is 1060. The maximum absolute atomic E-state index is 13.3. The third-order valence-corrected chi connectivity index (χ3v) is 4.33. The van der Waals surface area contributed by atoms with Crippen LogP contribution in [0.4, 0.5) is 19.7 Å². The molecule has 0 aliphatic heterocycles. The zero-order valence-corrected chi connectivity index (χ0v) is 17.6. The van der Waals surface area contributed by atoms with Crippen LogP contribution in [0.5, 0.6) is 0 Å². The second-order valence-electron chi connectivity index (χ2n) is 8.02. The van der Waals surface area contributed by atoms with Gasteiger partial charge in [-0.15, -0.1) is 0 Å². The summed E-state index contributed by atoms with van der Waals surface area (Å²) >= 11 is 0. The molecule has 2 aromatic carbocycles. The number of pyridine rings is 1. The summed E-state index contributed by atoms with van der Waals surface area (Å²) < 4.78 is 18.6. The van der Waals surface area contributed by atoms with Crippen LogP contribution in [-0.4, -0.2) is 29.3 Å². The number of urea groups is 1. The first kappa shape index (κ1) is 22.0. The highest BCUT2D eigenvalue weighted by Crippen LogP contribution is 2.19. The molecule has 7 nitrogen and oxygen atoms in total. The van der Waals surface area contributed by atoms with Crippen LogP contribution in [0.15, 0.2) is 60.9 Å². The van der Waals surface area contributed by atoms with Gasteiger partial charge in [0, 0.05) is 30.0 Å². The number of amides is 3. The number of hydrogen-bond acceptors (Lipinski definition) is 4. The monoisotopic (exact) mass is 424 g/mol. The molecule has 3 aromatic rings. The van der Waals surface area contributed by atoms with Gasteiger partial charge in [0.25, 0.3) is 0 Å². The maximum Gasteiger partial charge on any atom is 0.407 e. The van der Waals surface area contributed by atoms with Crippen LogP contribution in [0.25, 0.3) is 10.8 Å². The Labute approximate surface area is 180 Å². The lowest BCUT2D eigenvalue weighted by molar-refractivity contribution is 0.0522. The highest BCUT2D eigenvalue weighted by atomic mass is 19.1. The van der Waals surface area contributed by atoms with Gasteiger partial charge in [-0.2, -0.15) is 0 Å². The molecule has 1 atom stereocenters. The summed E-state index contributed by atoms with van der Waals surface area (Å²) in [5.41, 5.74) is 0.595. The van der Waals surface area contributed by atoms with Crippen molar-refractivity contribution in [2.45, 2.75) is 32.4 Å². The van der Waals surface area contributed by atoms with Gasteiger partial charge in [-0.25, -0.2) is 14.0 Å². The van der Waals surface area contributed by atoms with Gasteiger partial charge in [-0.3, -0.25) is 4.98 Å². The number of anilines is 1. The molecule has 0 fully saturated rings. The Morgan fingerprint density at radius 2 is 1.81 bits per heavy atom. The van der Waals surface area contributed by atoms with Crippen molar-refractivity contribution in [3.8, 4) is 0 Å². The zero-order chi connectivity index (χ0) is 22.4. The minimum Gasteiger partial charge on any atom is -0.444 e. The predicted molar refractivity (Wildman–Crippen MR) is 117 cm³/mol. The Morgan fingerprint density at radius 1 is 1.06 bits per heavy atom. The SMILES string of the molecule is CC(C)(C)OC(=O)NCC(NC(=O)Nc1ccc2cnccc2c1)c1ccc(F)cc1. The molecule has 0 aliphatic carbocycles. The molecule has 31 heavy (non-hydrogen) atoms. The van der Waals surface area contributed by atoms with Gasteiger partial charge >= 0.3 is 12.1 Å². The molecule has 0 saturated heterocycles. The summed E-state index contributed by atoms with van der Waals surface area (Å²) in [5, 5.41) is 10.1. The minimum atomic E-state index is -0.647. The quantitative estimate of drug-likeness (QED) is 0.551. The predicted octanol–water partition coefficient (Wildman–Crippen LogP) is 4.76. The number of hydrogen-bond donors (Lipinski definition) is 3. The number of ether oxygens (including phenoxy) is 1. The van der Waals surface area contributed by atoms with Crippen molar-refractivity contribution < 1.29 is 18.7 Å². The van der Waals surface area contributed by atoms with Crippen molar-refractivity contribution >= 4 is 28.6 Å². The molecule has 3 rings (SSSR count). The fraction of sp³-hybridized carbons (Fsp3) is 0.261. The number of benzene rings is 2. The van der Waals surface area contributed by atoms with Crippen LogP contribution in [0.1, 0.15) is 32.4 Å². The number of halogens is 1. The van der Waals surface area contributed by atoms with Crippen molar-refractivity contribution in [3.05, 3.63) is 72.3 Å². The van der Waals surface area contributed by atoms with Gasteiger partial charge in [0.15, 0.2) is 0 Å². The third kappa shape index (κ3) is 6.67. The van der Waals surface area contributed by atoms with E-state index in [0.29, 0.717) is 11.3 Å². The van der Waals surface area contributed by atoms with Crippen LogP contribution < -0.4 is 16.0 Å². The van der Waals surface area contributed by atoms with Gasteiger partial charge in [0.05, 0.1) is 6.04 Å². The number of alkyl carbamates (subject to hydrolysis) is 1. The van der Waals surface area contributed by atoms with Crippen LogP contribution in [-0.2, 0) is 4.74 Å². The van der Waals surface area contributed by atoms with Crippen LogP contribution in [0, 0.1) is 5.82 Å². The van der Waals surface area contributed by atoms with E-state index >= 15 is 0 Å². The average Bonchev–Trinajstić information content (AvgIpc) is 2.70. The van der Waals surface area contributed by atoms with Gasteiger partial charge in [0.2, 0.25) is 0 Å². The van der Waals surface area contributed by atoms with Crippen LogP contribution in [0.2, 0.25) is 0 Å². The van der Waals surface area contributed by atoms with E-state index in [1.807, 2.05) is 18.2 Å². The Hall–Kier alpha value is -3.68. The first-order valence-electron chi connectivity index (χ1n) is 9.83. The van der Waals surface area contributed by atoms with E-state index in [0.717, 1.165) is 10.8 Å². The number of rotatable bonds is 5. The fourth-order valence-electron chi connectivity index (χ4n) is 2.93. The lowest BCUT2D eigenvalue weighted by Gasteiger charge is -2.23. The Balaban J connectivity index is 1.69. The molecule has 0 aliphatic rings. The molecule has 1 heterocycles. The summed E-state index contributed by atoms with van der Waals surface area (Å²) in [7, 11) is 0. The van der Waals surface area contributed by atoms with Gasteiger partial charge in [-0.1, -0.05) is 18.2 Å². The summed E-state index contributed by atoms with van der Waals surface area (Å²) in [6, 6.07) is 12.0. The van der Waals surface area contributed by atoms with Crippen molar-refractivity contribution in [2.24, 2.45) is 0 Å². The van der Waals surface area contributed by atoms with Crippen molar-refractivity contribution in [1.29, 1.82) is 0 Å². The van der Waals surface area contributed by atoms with Crippen LogP contribution >= 0.6 is 0 Å². The maximum atomic E-state index is 13.3. The molecule has 0 spiro atoms. The van der Waals surface area contributed by atoms with Gasteiger partial charge in [0.1, 0.15) is 11.4 Å². The molecule has 3 amide bonds. The first-order chi connectivity index (χ1) is 14.7. The second-order valence-corrected chi connectivity index (χ2v) is 8.02. The summed E-state index contributed by atoms with van der Waals surface area (Å²) in [4.78, 5) is 28.7. The van der Waals surface area contributed by atoms with Gasteiger partial charge < -0.3 is 20.7 Å². The Morgan fingerprint density at radius 3 is 2.52 bits per heavy atom. The highest BCUT2D eigenvalue weighted by molar-refractivity contribution is 5.93. The van der Waals surface area contributed by atoms with Crippen molar-refractivity contribution in [1.82, 2.24) is 15.6 Å². The number of carbonyl (C=O) groups is 2. The molecule has 0 radical (unpaired) electrons. The van der Waals surface area contributed by atoms with E-state index in [2.05, 4.69) is 20.9 Å². The van der Waals surface area contributed by atoms with E-state index in [1.54, 1.807) is 51.4 Å². The smallest absolute Gasteiger partial charge is 0.407 e. The molecule has 8 heteroatoms. The third-order valence-electron chi connectivity index (χ3n) is 4.33. The number of nitrogens with one attached hydrogen (secondary N) is 3. The minimum absolute atomic E-state index is 0.0668. The largest absolute Gasteiger partial charge is 0.444 e. The van der Waals surface area contributed by atoms with E-state index in [1.165, 1.54) is 12.1 Å². The summed E-state index contributed by atoms with van der Waals surface area (Å²) in [6.07, 6.45) is 2.82. The van der Waals surface area contributed by atoms with Crippen LogP contribution in [0.3, 0.4) is 0 Å². The van der Waals surface area contributed by atoms with E-state index in [9.17, 15) is 14.0 Å². The standard InChI is InChI=1S/C23H25FN4O3/c1-23(2,3)31-22(30)26-14-20(15-4-7-18(24)8-5-15)28-21(29)27-19-9-6-17-13-25-11-10-16(17)12-19/h4-13,20H,14H2,1-3H3,(H,26,30)(H2,27,28,29). The van der Waals surface area contributed by atoms with Gasteiger partial charge in [-0.05, 0) is 62.1 Å². The molecule has 1 unspecified atom stereocenters. The molecule has 1 aromatic heterocycles. The second kappa shape index (κ2) is 9.42. The van der Waals surface area contributed by atoms with E-state index < -0.39 is 29.6 Å². The average molecular weight is 424 g/mol. The lowest BCUT2D eigenvalue weighted by Crippen LogP contribution is -2.41. The van der Waals surface area contributed by atoms with E-state index in [-0.39, 0.29) is 6.54 Å². The normalized spacial score (nSPS) is 12.1. The fourth-order valence-corrected chi connectivity index (χ4v) is 2.93. The number of carbonyl (C=O) groups excluding carboxylic acids is 2. The summed E-state index contributed by atoms with van der Waals surface area (Å²) in [6.45, 7) is 5.34. The first-order valence-corrected chi connectivity index (χ1v) is 9.83. The molecule has 162 valence electrons. The molecule has 3 N–H and O–H groups in total. The lowest BCUT2D eigenvalue weighted by atomic mass is 10.1. The number of nitrogens with zero attached hydrogens (tertiary/aromatic N) is 1. The molecular formula is C23H25FN4O3. The Kier molecular flexibility index (Phi) is 6.69. The number of fused-ring (bicyclic) bond motifs is 1. The van der Waals surface area contributed by atoms with Crippen molar-refractivity contribution in [3.63, 3.8) is 0 Å². The molecule has 0 saturated carbocycles.